The van der Waals surface area contributed by atoms with Crippen LogP contribution in [-0.2, 0) is 6.42 Å². The molecular weight excluding hydrogens is 174 g/mol. The summed E-state index contributed by atoms with van der Waals surface area (Å²) in [6.07, 6.45) is 0.240. The van der Waals surface area contributed by atoms with Crippen LogP contribution in [0.15, 0.2) is 12.1 Å². The Morgan fingerprint density at radius 3 is 2.14 bits per heavy atom. The van der Waals surface area contributed by atoms with Gasteiger partial charge in [0.25, 0.3) is 0 Å². The summed E-state index contributed by atoms with van der Waals surface area (Å²) >= 11 is 0. The van der Waals surface area contributed by atoms with E-state index in [2.05, 4.69) is 32.9 Å². The van der Waals surface area contributed by atoms with Gasteiger partial charge < -0.3 is 10.8 Å². The summed E-state index contributed by atoms with van der Waals surface area (Å²) < 4.78 is 0. The molecule has 0 amide bonds. The van der Waals surface area contributed by atoms with Crippen LogP contribution in [0, 0.1) is 20.8 Å². The molecule has 0 unspecified atom stereocenters. The van der Waals surface area contributed by atoms with Crippen molar-refractivity contribution in [3.05, 3.63) is 34.4 Å². The average Bonchev–Trinajstić information content (AvgIpc) is 2.10. The van der Waals surface area contributed by atoms with E-state index >= 15 is 0 Å². The monoisotopic (exact) mass is 193 g/mol. The molecule has 0 aliphatic rings. The maximum absolute atomic E-state index is 9.50. The largest absolute Gasteiger partial charge is 0.391 e. The molecule has 0 aromatic heterocycles. The van der Waals surface area contributed by atoms with Crippen LogP contribution in [0.1, 0.15) is 22.3 Å². The Hall–Kier alpha value is -0.860. The zero-order chi connectivity index (χ0) is 10.7. The lowest BCUT2D eigenvalue weighted by atomic mass is 9.95. The topological polar surface area (TPSA) is 46.2 Å². The molecule has 14 heavy (non-hydrogen) atoms. The second kappa shape index (κ2) is 4.58. The van der Waals surface area contributed by atoms with Gasteiger partial charge in [0.1, 0.15) is 0 Å². The van der Waals surface area contributed by atoms with Crippen LogP contribution < -0.4 is 5.73 Å². The van der Waals surface area contributed by atoms with Gasteiger partial charge in [-0.05, 0) is 37.5 Å². The van der Waals surface area contributed by atoms with Crippen molar-refractivity contribution in [2.75, 3.05) is 6.54 Å². The molecule has 0 aliphatic heterocycles. The summed E-state index contributed by atoms with van der Waals surface area (Å²) in [6.45, 7) is 6.58. The number of nitrogens with two attached hydrogens (primary N) is 1. The van der Waals surface area contributed by atoms with Crippen molar-refractivity contribution < 1.29 is 5.11 Å². The fourth-order valence-corrected chi connectivity index (χ4v) is 1.85. The Kier molecular flexibility index (Phi) is 3.67. The fourth-order valence-electron chi connectivity index (χ4n) is 1.85. The van der Waals surface area contributed by atoms with Crippen LogP contribution in [0.5, 0.6) is 0 Å². The van der Waals surface area contributed by atoms with Crippen molar-refractivity contribution in [3.63, 3.8) is 0 Å². The van der Waals surface area contributed by atoms with E-state index in [1.165, 1.54) is 22.3 Å². The Balaban J connectivity index is 2.96. The van der Waals surface area contributed by atoms with Crippen molar-refractivity contribution in [2.24, 2.45) is 5.73 Å². The molecule has 0 saturated heterocycles. The Morgan fingerprint density at radius 1 is 1.21 bits per heavy atom. The molecule has 0 bridgehead atoms. The number of aliphatic hydroxyl groups excluding tert-OH is 1. The van der Waals surface area contributed by atoms with Crippen LogP contribution in [0.25, 0.3) is 0 Å². The lowest BCUT2D eigenvalue weighted by molar-refractivity contribution is 0.183. The van der Waals surface area contributed by atoms with E-state index in [1.807, 2.05) is 0 Å². The fraction of sp³-hybridized carbons (Fsp3) is 0.500. The van der Waals surface area contributed by atoms with E-state index in [9.17, 15) is 5.11 Å². The molecule has 0 aliphatic carbocycles. The molecule has 0 radical (unpaired) electrons. The lowest BCUT2D eigenvalue weighted by Crippen LogP contribution is -2.22. The minimum Gasteiger partial charge on any atom is -0.391 e. The van der Waals surface area contributed by atoms with E-state index in [0.717, 1.165) is 0 Å². The van der Waals surface area contributed by atoms with Crippen LogP contribution in [0.2, 0.25) is 0 Å². The Morgan fingerprint density at radius 2 is 1.71 bits per heavy atom. The lowest BCUT2D eigenvalue weighted by Gasteiger charge is -2.14. The van der Waals surface area contributed by atoms with Crippen molar-refractivity contribution in [2.45, 2.75) is 33.3 Å². The quantitative estimate of drug-likeness (QED) is 0.763. The maximum atomic E-state index is 9.50. The average molecular weight is 193 g/mol. The van der Waals surface area contributed by atoms with Crippen LogP contribution in [0.4, 0.5) is 0 Å². The molecule has 2 nitrogen and oxygen atoms in total. The van der Waals surface area contributed by atoms with Gasteiger partial charge in [-0.25, -0.2) is 0 Å². The third kappa shape index (κ3) is 2.56. The van der Waals surface area contributed by atoms with E-state index in [-0.39, 0.29) is 0 Å². The molecule has 1 aromatic rings. The van der Waals surface area contributed by atoms with Crippen molar-refractivity contribution >= 4 is 0 Å². The molecule has 1 rings (SSSR count). The molecule has 1 aromatic carbocycles. The van der Waals surface area contributed by atoms with Gasteiger partial charge in [-0.15, -0.1) is 0 Å². The summed E-state index contributed by atoms with van der Waals surface area (Å²) in [5.41, 5.74) is 10.4. The standard InChI is InChI=1S/C12H19NO/c1-8-4-9(2)12(10(3)5-8)6-11(14)7-13/h4-5,11,14H,6-7,13H2,1-3H3/t11-/m1/s1. The van der Waals surface area contributed by atoms with Gasteiger partial charge in [-0.2, -0.15) is 0 Å². The van der Waals surface area contributed by atoms with Crippen molar-refractivity contribution in [3.8, 4) is 0 Å². The first-order valence-electron chi connectivity index (χ1n) is 4.99. The number of rotatable bonds is 3. The number of aliphatic hydroxyl groups is 1. The summed E-state index contributed by atoms with van der Waals surface area (Å²) in [7, 11) is 0. The smallest absolute Gasteiger partial charge is 0.0702 e. The van der Waals surface area contributed by atoms with Gasteiger partial charge in [0.2, 0.25) is 0 Å². The normalized spacial score (nSPS) is 12.9. The molecule has 3 N–H and O–H groups in total. The molecule has 0 heterocycles. The summed E-state index contributed by atoms with van der Waals surface area (Å²) in [5.74, 6) is 0. The van der Waals surface area contributed by atoms with E-state index < -0.39 is 6.10 Å². The molecule has 0 spiro atoms. The molecule has 1 atom stereocenters. The highest BCUT2D eigenvalue weighted by atomic mass is 16.3. The summed E-state index contributed by atoms with van der Waals surface area (Å²) in [6, 6.07) is 4.29. The highest BCUT2D eigenvalue weighted by Gasteiger charge is 2.08. The van der Waals surface area contributed by atoms with Crippen LogP contribution in [0.3, 0.4) is 0 Å². The van der Waals surface area contributed by atoms with Gasteiger partial charge in [-0.1, -0.05) is 17.7 Å². The third-order valence-electron chi connectivity index (χ3n) is 2.55. The minimum atomic E-state index is -0.421. The van der Waals surface area contributed by atoms with E-state index in [1.54, 1.807) is 0 Å². The Bertz CT molecular complexity index is 297. The summed E-state index contributed by atoms with van der Waals surface area (Å²) in [4.78, 5) is 0. The molecular formula is C12H19NO. The van der Waals surface area contributed by atoms with Gasteiger partial charge in [0.05, 0.1) is 6.10 Å². The predicted octanol–water partition coefficient (Wildman–Crippen LogP) is 1.47. The van der Waals surface area contributed by atoms with Crippen LogP contribution in [-0.4, -0.2) is 17.8 Å². The zero-order valence-electron chi connectivity index (χ0n) is 9.17. The first kappa shape index (κ1) is 11.2. The first-order valence-corrected chi connectivity index (χ1v) is 4.99. The van der Waals surface area contributed by atoms with Crippen molar-refractivity contribution in [1.29, 1.82) is 0 Å². The first-order chi connectivity index (χ1) is 6.54. The predicted molar refractivity (Wildman–Crippen MR) is 59.4 cm³/mol. The molecule has 2 heteroatoms. The maximum Gasteiger partial charge on any atom is 0.0702 e. The van der Waals surface area contributed by atoms with Gasteiger partial charge in [0, 0.05) is 13.0 Å². The molecule has 0 saturated carbocycles. The third-order valence-corrected chi connectivity index (χ3v) is 2.55. The zero-order valence-corrected chi connectivity index (χ0v) is 9.17. The van der Waals surface area contributed by atoms with Crippen LogP contribution >= 0.6 is 0 Å². The van der Waals surface area contributed by atoms with E-state index in [4.69, 9.17) is 5.73 Å². The molecule has 0 fully saturated rings. The SMILES string of the molecule is Cc1cc(C)c(C[C@@H](O)CN)c(C)c1. The Labute approximate surface area is 85.8 Å². The van der Waals surface area contributed by atoms with Gasteiger partial charge >= 0.3 is 0 Å². The minimum absolute atomic E-state index is 0.326. The van der Waals surface area contributed by atoms with E-state index in [0.29, 0.717) is 13.0 Å². The molecule has 78 valence electrons. The van der Waals surface area contributed by atoms with Gasteiger partial charge in [0.15, 0.2) is 0 Å². The second-order valence-electron chi connectivity index (χ2n) is 3.97. The highest BCUT2D eigenvalue weighted by Crippen LogP contribution is 2.17. The highest BCUT2D eigenvalue weighted by molar-refractivity contribution is 5.37. The second-order valence-corrected chi connectivity index (χ2v) is 3.97. The van der Waals surface area contributed by atoms with Crippen molar-refractivity contribution in [1.82, 2.24) is 0 Å². The number of hydrogen-bond donors (Lipinski definition) is 2. The number of benzene rings is 1. The summed E-state index contributed by atoms with van der Waals surface area (Å²) in [5, 5.41) is 9.50. The number of hydrogen-bond acceptors (Lipinski definition) is 2. The van der Waals surface area contributed by atoms with Gasteiger partial charge in [-0.3, -0.25) is 0 Å². The number of aryl methyl sites for hydroxylation is 3.